The van der Waals surface area contributed by atoms with Gasteiger partial charge < -0.3 is 9.47 Å². The van der Waals surface area contributed by atoms with E-state index in [0.29, 0.717) is 31.7 Å². The number of ether oxygens (including phenoxy) is 2. The van der Waals surface area contributed by atoms with E-state index in [-0.39, 0.29) is 12.5 Å². The Kier molecular flexibility index (Phi) is 7.05. The highest BCUT2D eigenvalue weighted by atomic mass is 16.5. The van der Waals surface area contributed by atoms with Crippen LogP contribution in [0.3, 0.4) is 0 Å². The molecular formula is C17H29N3O3. The second kappa shape index (κ2) is 9.03. The van der Waals surface area contributed by atoms with Gasteiger partial charge in [-0.3, -0.25) is 14.4 Å². The van der Waals surface area contributed by atoms with Crippen LogP contribution in [0.4, 0.5) is 0 Å². The normalized spacial score (nSPS) is 21.6. The fourth-order valence-electron chi connectivity index (χ4n) is 3.14. The first-order valence-electron chi connectivity index (χ1n) is 8.46. The lowest BCUT2D eigenvalue weighted by molar-refractivity contribution is -0.142. The van der Waals surface area contributed by atoms with Gasteiger partial charge in [0.25, 0.3) is 0 Å². The van der Waals surface area contributed by atoms with Crippen LogP contribution in [0.1, 0.15) is 38.2 Å². The minimum Gasteiger partial charge on any atom is -0.468 e. The van der Waals surface area contributed by atoms with Gasteiger partial charge in [-0.1, -0.05) is 19.8 Å². The highest BCUT2D eigenvalue weighted by molar-refractivity contribution is 5.71. The summed E-state index contributed by atoms with van der Waals surface area (Å²) < 4.78 is 12.6. The molecule has 0 saturated heterocycles. The SMILES string of the molecule is COC(=O)CN(CCOC1CCCCC1C)Cc1cnn(C)c1. The Balaban J connectivity index is 1.82. The van der Waals surface area contributed by atoms with Crippen LogP contribution in [-0.4, -0.2) is 53.6 Å². The summed E-state index contributed by atoms with van der Waals surface area (Å²) in [6, 6.07) is 0. The van der Waals surface area contributed by atoms with Crippen molar-refractivity contribution in [3.8, 4) is 0 Å². The standard InChI is InChI=1S/C17H29N3O3/c1-14-6-4-5-7-16(14)23-9-8-20(13-17(21)22-3)12-15-10-18-19(2)11-15/h10-11,14,16H,4-9,12-13H2,1-3H3. The van der Waals surface area contributed by atoms with E-state index in [2.05, 4.69) is 16.9 Å². The summed E-state index contributed by atoms with van der Waals surface area (Å²) in [4.78, 5) is 13.7. The van der Waals surface area contributed by atoms with Crippen molar-refractivity contribution in [3.63, 3.8) is 0 Å². The van der Waals surface area contributed by atoms with Crippen LogP contribution in [0.2, 0.25) is 0 Å². The molecule has 0 aliphatic heterocycles. The third kappa shape index (κ3) is 5.95. The maximum atomic E-state index is 11.6. The van der Waals surface area contributed by atoms with Crippen LogP contribution in [0.15, 0.2) is 12.4 Å². The topological polar surface area (TPSA) is 56.6 Å². The van der Waals surface area contributed by atoms with Gasteiger partial charge >= 0.3 is 5.97 Å². The smallest absolute Gasteiger partial charge is 0.319 e. The maximum Gasteiger partial charge on any atom is 0.319 e. The number of carbonyl (C=O) groups is 1. The summed E-state index contributed by atoms with van der Waals surface area (Å²) in [5.74, 6) is 0.413. The lowest BCUT2D eigenvalue weighted by atomic mass is 9.88. The Morgan fingerprint density at radius 2 is 2.22 bits per heavy atom. The quantitative estimate of drug-likeness (QED) is 0.685. The van der Waals surface area contributed by atoms with E-state index < -0.39 is 0 Å². The van der Waals surface area contributed by atoms with Crippen LogP contribution in [-0.2, 0) is 27.9 Å². The Bertz CT molecular complexity index is 489. The van der Waals surface area contributed by atoms with Gasteiger partial charge in [-0.2, -0.15) is 5.10 Å². The zero-order valence-electron chi connectivity index (χ0n) is 14.5. The summed E-state index contributed by atoms with van der Waals surface area (Å²) in [5.41, 5.74) is 1.09. The lowest BCUT2D eigenvalue weighted by Crippen LogP contribution is -2.35. The number of hydrogen-bond donors (Lipinski definition) is 0. The average molecular weight is 323 g/mol. The maximum absolute atomic E-state index is 11.6. The zero-order chi connectivity index (χ0) is 16.7. The van der Waals surface area contributed by atoms with Crippen LogP contribution < -0.4 is 0 Å². The molecule has 0 radical (unpaired) electrons. The number of aromatic nitrogens is 2. The molecule has 2 atom stereocenters. The molecule has 0 spiro atoms. The van der Waals surface area contributed by atoms with Crippen molar-refractivity contribution in [2.45, 2.75) is 45.3 Å². The molecule has 1 aromatic rings. The van der Waals surface area contributed by atoms with Crippen LogP contribution in [0.5, 0.6) is 0 Å². The fraction of sp³-hybridized carbons (Fsp3) is 0.765. The molecule has 1 aromatic heterocycles. The molecule has 2 unspecified atom stereocenters. The molecule has 6 nitrogen and oxygen atoms in total. The number of nitrogens with zero attached hydrogens (tertiary/aromatic N) is 3. The van der Waals surface area contributed by atoms with E-state index in [1.54, 1.807) is 4.68 Å². The van der Waals surface area contributed by atoms with Crippen molar-refractivity contribution in [1.82, 2.24) is 14.7 Å². The third-order valence-corrected chi connectivity index (χ3v) is 4.52. The molecule has 6 heteroatoms. The number of aryl methyl sites for hydroxylation is 1. The summed E-state index contributed by atoms with van der Waals surface area (Å²) in [6.07, 6.45) is 9.14. The molecule has 1 fully saturated rings. The highest BCUT2D eigenvalue weighted by Gasteiger charge is 2.22. The number of methoxy groups -OCH3 is 1. The van der Waals surface area contributed by atoms with E-state index in [1.165, 1.54) is 26.4 Å². The van der Waals surface area contributed by atoms with Gasteiger partial charge in [-0.15, -0.1) is 0 Å². The second-order valence-electron chi connectivity index (χ2n) is 6.48. The Morgan fingerprint density at radius 1 is 1.43 bits per heavy atom. The zero-order valence-corrected chi connectivity index (χ0v) is 14.5. The van der Waals surface area contributed by atoms with Crippen molar-refractivity contribution in [2.75, 3.05) is 26.8 Å². The molecule has 2 rings (SSSR count). The van der Waals surface area contributed by atoms with Gasteiger partial charge in [-0.25, -0.2) is 0 Å². The first-order valence-corrected chi connectivity index (χ1v) is 8.46. The molecular weight excluding hydrogens is 294 g/mol. The Labute approximate surface area is 138 Å². The van der Waals surface area contributed by atoms with Crippen molar-refractivity contribution < 1.29 is 14.3 Å². The van der Waals surface area contributed by atoms with Crippen molar-refractivity contribution in [1.29, 1.82) is 0 Å². The van der Waals surface area contributed by atoms with Gasteiger partial charge in [0.2, 0.25) is 0 Å². The lowest BCUT2D eigenvalue weighted by Gasteiger charge is -2.30. The Morgan fingerprint density at radius 3 is 2.87 bits per heavy atom. The van der Waals surface area contributed by atoms with Gasteiger partial charge in [0.15, 0.2) is 0 Å². The largest absolute Gasteiger partial charge is 0.468 e. The summed E-state index contributed by atoms with van der Waals surface area (Å²) in [5, 5.41) is 4.18. The molecule has 130 valence electrons. The van der Waals surface area contributed by atoms with Gasteiger partial charge in [0.1, 0.15) is 0 Å². The summed E-state index contributed by atoms with van der Waals surface area (Å²) >= 11 is 0. The minimum atomic E-state index is -0.222. The number of hydrogen-bond acceptors (Lipinski definition) is 5. The number of esters is 1. The Hall–Kier alpha value is -1.40. The molecule has 0 bridgehead atoms. The molecule has 0 N–H and O–H groups in total. The van der Waals surface area contributed by atoms with Crippen molar-refractivity contribution >= 4 is 5.97 Å². The third-order valence-electron chi connectivity index (χ3n) is 4.52. The number of rotatable bonds is 8. The van der Waals surface area contributed by atoms with Crippen LogP contribution in [0, 0.1) is 5.92 Å². The summed E-state index contributed by atoms with van der Waals surface area (Å²) in [6.45, 7) is 4.58. The van der Waals surface area contributed by atoms with Crippen molar-refractivity contribution in [2.24, 2.45) is 13.0 Å². The monoisotopic (exact) mass is 323 g/mol. The molecule has 1 saturated carbocycles. The average Bonchev–Trinajstić information content (AvgIpc) is 2.94. The van der Waals surface area contributed by atoms with E-state index >= 15 is 0 Å². The number of carbonyl (C=O) groups excluding carboxylic acids is 1. The van der Waals surface area contributed by atoms with E-state index in [9.17, 15) is 4.79 Å². The first kappa shape index (κ1) is 17.9. The van der Waals surface area contributed by atoms with Crippen molar-refractivity contribution in [3.05, 3.63) is 18.0 Å². The molecule has 1 heterocycles. The minimum absolute atomic E-state index is 0.222. The molecule has 0 aromatic carbocycles. The van der Waals surface area contributed by atoms with E-state index in [0.717, 1.165) is 12.0 Å². The van der Waals surface area contributed by atoms with E-state index in [4.69, 9.17) is 9.47 Å². The predicted molar refractivity (Wildman–Crippen MR) is 87.9 cm³/mol. The molecule has 1 aliphatic carbocycles. The summed E-state index contributed by atoms with van der Waals surface area (Å²) in [7, 11) is 3.31. The van der Waals surface area contributed by atoms with Gasteiger partial charge in [0, 0.05) is 31.9 Å². The second-order valence-corrected chi connectivity index (χ2v) is 6.48. The van der Waals surface area contributed by atoms with Crippen LogP contribution in [0.25, 0.3) is 0 Å². The highest BCUT2D eigenvalue weighted by Crippen LogP contribution is 2.26. The van der Waals surface area contributed by atoms with E-state index in [1.807, 2.05) is 19.4 Å². The van der Waals surface area contributed by atoms with Gasteiger partial charge in [-0.05, 0) is 18.8 Å². The van der Waals surface area contributed by atoms with Gasteiger partial charge in [0.05, 0.1) is 32.6 Å². The van der Waals surface area contributed by atoms with Crippen LogP contribution >= 0.6 is 0 Å². The first-order chi connectivity index (χ1) is 11.1. The molecule has 0 amide bonds. The fourth-order valence-corrected chi connectivity index (χ4v) is 3.14. The molecule has 23 heavy (non-hydrogen) atoms. The molecule has 1 aliphatic rings. The predicted octanol–water partition coefficient (Wildman–Crippen LogP) is 1.99.